The van der Waals surface area contributed by atoms with E-state index >= 15 is 0 Å². The molecule has 3 N–H and O–H groups in total. The summed E-state index contributed by atoms with van der Waals surface area (Å²) in [5.41, 5.74) is 5.72. The first kappa shape index (κ1) is 15.8. The standard InChI is InChI=1S/C11H20N4S.CH2O2/c1-11(2,9-13-14-10(12)16-9)5-8-15-6-3-4-7-15;2-1-3/h3-8H2,1-2H3,(H2,12,14);1H,(H,2,3). The first-order chi connectivity index (χ1) is 8.99. The van der Waals surface area contributed by atoms with Crippen molar-refractivity contribution in [2.45, 2.75) is 38.5 Å². The number of nitrogens with two attached hydrogens (primary N) is 1. The van der Waals surface area contributed by atoms with Gasteiger partial charge in [0.15, 0.2) is 0 Å². The number of anilines is 1. The number of likely N-dealkylation sites (tertiary alicyclic amines) is 1. The van der Waals surface area contributed by atoms with E-state index in [-0.39, 0.29) is 11.9 Å². The van der Waals surface area contributed by atoms with Gasteiger partial charge in [-0.2, -0.15) is 0 Å². The predicted octanol–water partition coefficient (Wildman–Crippen LogP) is 1.58. The van der Waals surface area contributed by atoms with Crippen molar-refractivity contribution in [3.63, 3.8) is 0 Å². The van der Waals surface area contributed by atoms with Gasteiger partial charge in [-0.25, -0.2) is 0 Å². The smallest absolute Gasteiger partial charge is 0.290 e. The number of aromatic nitrogens is 2. The zero-order chi connectivity index (χ0) is 14.3. The summed E-state index contributed by atoms with van der Waals surface area (Å²) < 4.78 is 0. The van der Waals surface area contributed by atoms with Crippen molar-refractivity contribution in [2.75, 3.05) is 25.4 Å². The zero-order valence-electron chi connectivity index (χ0n) is 11.5. The molecule has 0 unspecified atom stereocenters. The second-order valence-electron chi connectivity index (χ2n) is 5.23. The topological polar surface area (TPSA) is 92.3 Å². The van der Waals surface area contributed by atoms with Crippen LogP contribution in [0.4, 0.5) is 5.13 Å². The summed E-state index contributed by atoms with van der Waals surface area (Å²) in [5.74, 6) is 0. The Labute approximate surface area is 117 Å². The van der Waals surface area contributed by atoms with Crippen molar-refractivity contribution in [3.8, 4) is 0 Å². The molecule has 1 aromatic rings. The average Bonchev–Trinajstić information content (AvgIpc) is 2.98. The summed E-state index contributed by atoms with van der Waals surface area (Å²) in [5, 5.41) is 16.6. The molecular formula is C12H22N4O2S. The van der Waals surface area contributed by atoms with Crippen LogP contribution in [0.5, 0.6) is 0 Å². The fourth-order valence-electron chi connectivity index (χ4n) is 2.06. The lowest BCUT2D eigenvalue weighted by Crippen LogP contribution is -2.27. The molecule has 0 radical (unpaired) electrons. The van der Waals surface area contributed by atoms with Crippen LogP contribution >= 0.6 is 11.3 Å². The SMILES string of the molecule is CC(C)(CCN1CCCC1)c1nnc(N)s1.O=CO. The van der Waals surface area contributed by atoms with Crippen LogP contribution in [0.15, 0.2) is 0 Å². The van der Waals surface area contributed by atoms with E-state index in [1.807, 2.05) is 0 Å². The maximum absolute atomic E-state index is 8.36. The third-order valence-corrected chi connectivity index (χ3v) is 4.39. The van der Waals surface area contributed by atoms with Gasteiger partial charge in [-0.1, -0.05) is 25.2 Å². The van der Waals surface area contributed by atoms with E-state index in [0.717, 1.165) is 18.0 Å². The summed E-state index contributed by atoms with van der Waals surface area (Å²) in [6.07, 6.45) is 3.83. The molecule has 1 aromatic heterocycles. The van der Waals surface area contributed by atoms with Crippen LogP contribution in [0.25, 0.3) is 0 Å². The van der Waals surface area contributed by atoms with E-state index in [0.29, 0.717) is 5.13 Å². The van der Waals surface area contributed by atoms with E-state index in [1.165, 1.54) is 37.3 Å². The lowest BCUT2D eigenvalue weighted by molar-refractivity contribution is -0.122. The van der Waals surface area contributed by atoms with Gasteiger partial charge in [0.2, 0.25) is 5.13 Å². The summed E-state index contributed by atoms with van der Waals surface area (Å²) >= 11 is 1.51. The quantitative estimate of drug-likeness (QED) is 0.816. The molecule has 0 amide bonds. The van der Waals surface area contributed by atoms with Crippen LogP contribution in [0.1, 0.15) is 38.1 Å². The summed E-state index contributed by atoms with van der Waals surface area (Å²) in [6.45, 7) is 7.88. The van der Waals surface area contributed by atoms with Gasteiger partial charge < -0.3 is 15.7 Å². The monoisotopic (exact) mass is 286 g/mol. The first-order valence-corrected chi connectivity index (χ1v) is 7.21. The van der Waals surface area contributed by atoms with E-state index in [1.54, 1.807) is 0 Å². The lowest BCUT2D eigenvalue weighted by Gasteiger charge is -2.24. The molecule has 0 aromatic carbocycles. The van der Waals surface area contributed by atoms with E-state index in [4.69, 9.17) is 15.6 Å². The molecular weight excluding hydrogens is 264 g/mol. The van der Waals surface area contributed by atoms with Crippen LogP contribution in [-0.2, 0) is 10.2 Å². The number of carbonyl (C=O) groups is 1. The Morgan fingerprint density at radius 3 is 2.47 bits per heavy atom. The largest absolute Gasteiger partial charge is 0.483 e. The van der Waals surface area contributed by atoms with E-state index in [9.17, 15) is 0 Å². The Morgan fingerprint density at radius 1 is 1.42 bits per heavy atom. The second-order valence-corrected chi connectivity index (χ2v) is 6.24. The average molecular weight is 286 g/mol. The van der Waals surface area contributed by atoms with Crippen LogP contribution in [0, 0.1) is 0 Å². The van der Waals surface area contributed by atoms with Gasteiger partial charge >= 0.3 is 0 Å². The highest BCUT2D eigenvalue weighted by atomic mass is 32.1. The summed E-state index contributed by atoms with van der Waals surface area (Å²) in [4.78, 5) is 10.9. The van der Waals surface area contributed by atoms with Gasteiger partial charge in [0.1, 0.15) is 5.01 Å². The molecule has 108 valence electrons. The molecule has 1 aliphatic heterocycles. The van der Waals surface area contributed by atoms with Crippen molar-refractivity contribution in [1.82, 2.24) is 15.1 Å². The van der Waals surface area contributed by atoms with E-state index < -0.39 is 0 Å². The van der Waals surface area contributed by atoms with Crippen molar-refractivity contribution >= 4 is 22.9 Å². The Morgan fingerprint density at radius 2 is 2.00 bits per heavy atom. The number of hydrogen-bond acceptors (Lipinski definition) is 6. The van der Waals surface area contributed by atoms with Crippen molar-refractivity contribution in [3.05, 3.63) is 5.01 Å². The van der Waals surface area contributed by atoms with Crippen molar-refractivity contribution in [2.24, 2.45) is 0 Å². The van der Waals surface area contributed by atoms with Gasteiger partial charge in [-0.3, -0.25) is 4.79 Å². The molecule has 2 heterocycles. The fourth-order valence-corrected chi connectivity index (χ4v) is 2.80. The minimum Gasteiger partial charge on any atom is -0.483 e. The minimum absolute atomic E-state index is 0.0951. The van der Waals surface area contributed by atoms with E-state index in [2.05, 4.69) is 28.9 Å². The third-order valence-electron chi connectivity index (χ3n) is 3.27. The number of rotatable bonds is 4. The maximum Gasteiger partial charge on any atom is 0.290 e. The molecule has 6 nitrogen and oxygen atoms in total. The molecule has 0 aliphatic carbocycles. The van der Waals surface area contributed by atoms with Crippen LogP contribution in [0.3, 0.4) is 0 Å². The first-order valence-electron chi connectivity index (χ1n) is 6.39. The predicted molar refractivity (Wildman–Crippen MR) is 76.3 cm³/mol. The third kappa shape index (κ3) is 5.12. The number of hydrogen-bond donors (Lipinski definition) is 2. The van der Waals surface area contributed by atoms with Crippen molar-refractivity contribution in [1.29, 1.82) is 0 Å². The highest BCUT2D eigenvalue weighted by Crippen LogP contribution is 2.30. The fraction of sp³-hybridized carbons (Fsp3) is 0.750. The van der Waals surface area contributed by atoms with Gasteiger partial charge in [-0.15, -0.1) is 10.2 Å². The van der Waals surface area contributed by atoms with Crippen LogP contribution in [0.2, 0.25) is 0 Å². The zero-order valence-corrected chi connectivity index (χ0v) is 12.3. The number of nitrogens with zero attached hydrogens (tertiary/aromatic N) is 3. The van der Waals surface area contributed by atoms with Crippen LogP contribution < -0.4 is 5.73 Å². The molecule has 1 aliphatic rings. The van der Waals surface area contributed by atoms with Gasteiger partial charge in [0, 0.05) is 5.41 Å². The molecule has 1 fully saturated rings. The molecule has 0 saturated carbocycles. The maximum atomic E-state index is 8.36. The highest BCUT2D eigenvalue weighted by molar-refractivity contribution is 7.15. The summed E-state index contributed by atoms with van der Waals surface area (Å²) in [7, 11) is 0. The summed E-state index contributed by atoms with van der Waals surface area (Å²) in [6, 6.07) is 0. The van der Waals surface area contributed by atoms with Gasteiger partial charge in [0.25, 0.3) is 6.47 Å². The Kier molecular flexibility index (Phi) is 6.17. The normalized spacial score (nSPS) is 15.9. The second kappa shape index (κ2) is 7.40. The Bertz CT molecular complexity index is 389. The minimum atomic E-state index is -0.250. The molecule has 19 heavy (non-hydrogen) atoms. The molecule has 2 rings (SSSR count). The number of carboxylic acid groups (broad SMARTS) is 1. The highest BCUT2D eigenvalue weighted by Gasteiger charge is 2.26. The molecule has 0 atom stereocenters. The molecule has 0 spiro atoms. The van der Waals surface area contributed by atoms with Gasteiger partial charge in [0.05, 0.1) is 0 Å². The van der Waals surface area contributed by atoms with Gasteiger partial charge in [-0.05, 0) is 38.9 Å². The number of nitrogen functional groups attached to an aromatic ring is 1. The molecule has 0 bridgehead atoms. The lowest BCUT2D eigenvalue weighted by atomic mass is 9.90. The van der Waals surface area contributed by atoms with Crippen LogP contribution in [-0.4, -0.2) is 46.3 Å². The molecule has 7 heteroatoms. The Balaban J connectivity index is 0.000000550. The molecule has 1 saturated heterocycles. The van der Waals surface area contributed by atoms with Crippen molar-refractivity contribution < 1.29 is 9.90 Å². The Hall–Kier alpha value is -1.21.